The minimum absolute atomic E-state index is 0.0842. The van der Waals surface area contributed by atoms with Crippen LogP contribution in [0.5, 0.6) is 0 Å². The van der Waals surface area contributed by atoms with Crippen LogP contribution >= 0.6 is 22.7 Å². The molecule has 0 aliphatic heterocycles. The largest absolute Gasteiger partial charge is 0.317 e. The SMILES string of the molecule is O=C(CCS(=O)(=O)c1ccccc1)Nc1sc2c(c1-c1nc3ccccc3s1)CCCC2. The average molecular weight is 483 g/mol. The Hall–Kier alpha value is -2.55. The van der Waals surface area contributed by atoms with E-state index >= 15 is 0 Å². The van der Waals surface area contributed by atoms with E-state index in [1.165, 1.54) is 10.4 Å². The first kappa shape index (κ1) is 21.3. The van der Waals surface area contributed by atoms with E-state index in [4.69, 9.17) is 4.98 Å². The van der Waals surface area contributed by atoms with Gasteiger partial charge in [-0.3, -0.25) is 4.79 Å². The molecule has 32 heavy (non-hydrogen) atoms. The third kappa shape index (κ3) is 4.22. The number of thiophene rings is 1. The summed E-state index contributed by atoms with van der Waals surface area (Å²) >= 11 is 3.24. The molecular formula is C24H22N2O3S3. The average Bonchev–Trinajstić information content (AvgIpc) is 3.39. The van der Waals surface area contributed by atoms with Crippen LogP contribution in [-0.4, -0.2) is 25.1 Å². The maximum Gasteiger partial charge on any atom is 0.226 e. The number of hydrogen-bond donors (Lipinski definition) is 1. The Morgan fingerprint density at radius 3 is 2.53 bits per heavy atom. The molecule has 0 saturated heterocycles. The molecule has 1 amide bonds. The standard InChI is InChI=1S/C24H22N2O3S3/c27-21(14-15-32(28,29)16-8-2-1-3-9-16)26-24-22(17-10-4-6-12-19(17)30-24)23-25-18-11-5-7-13-20(18)31-23/h1-3,5,7-9,11,13H,4,6,10,12,14-15H2,(H,26,27). The number of amides is 1. The first-order valence-corrected chi connectivity index (χ1v) is 13.9. The molecule has 0 spiro atoms. The van der Waals surface area contributed by atoms with Crippen LogP contribution in [0.4, 0.5) is 5.00 Å². The Bertz CT molecular complexity index is 1360. The number of aryl methyl sites for hydroxylation is 1. The number of fused-ring (bicyclic) bond motifs is 2. The molecule has 0 bridgehead atoms. The number of carbonyl (C=O) groups is 1. The van der Waals surface area contributed by atoms with E-state index in [0.717, 1.165) is 51.5 Å². The third-order valence-electron chi connectivity index (χ3n) is 5.63. The van der Waals surface area contributed by atoms with E-state index in [1.807, 2.05) is 18.2 Å². The van der Waals surface area contributed by atoms with E-state index in [9.17, 15) is 13.2 Å². The van der Waals surface area contributed by atoms with Crippen LogP contribution in [0, 0.1) is 0 Å². The number of para-hydroxylation sites is 1. The lowest BCUT2D eigenvalue weighted by molar-refractivity contribution is -0.115. The van der Waals surface area contributed by atoms with Crippen LogP contribution in [0.1, 0.15) is 29.7 Å². The van der Waals surface area contributed by atoms with Gasteiger partial charge in [-0.05, 0) is 55.5 Å². The summed E-state index contributed by atoms with van der Waals surface area (Å²) in [6.45, 7) is 0. The molecule has 1 N–H and O–H groups in total. The van der Waals surface area contributed by atoms with Gasteiger partial charge in [-0.1, -0.05) is 30.3 Å². The highest BCUT2D eigenvalue weighted by atomic mass is 32.2. The van der Waals surface area contributed by atoms with Crippen LogP contribution in [0.3, 0.4) is 0 Å². The van der Waals surface area contributed by atoms with Crippen LogP contribution in [-0.2, 0) is 27.5 Å². The topological polar surface area (TPSA) is 76.1 Å². The van der Waals surface area contributed by atoms with Gasteiger partial charge in [0.2, 0.25) is 5.91 Å². The molecule has 1 aliphatic rings. The Labute approximate surface area is 195 Å². The highest BCUT2D eigenvalue weighted by Gasteiger charge is 2.25. The van der Waals surface area contributed by atoms with Crippen molar-refractivity contribution in [2.75, 3.05) is 11.1 Å². The maximum atomic E-state index is 12.8. The minimum Gasteiger partial charge on any atom is -0.317 e. The van der Waals surface area contributed by atoms with Crippen molar-refractivity contribution in [1.29, 1.82) is 0 Å². The fourth-order valence-electron chi connectivity index (χ4n) is 4.02. The monoisotopic (exact) mass is 482 g/mol. The Kier molecular flexibility index (Phi) is 5.84. The van der Waals surface area contributed by atoms with Gasteiger partial charge >= 0.3 is 0 Å². The summed E-state index contributed by atoms with van der Waals surface area (Å²) in [6, 6.07) is 16.3. The quantitative estimate of drug-likeness (QED) is 0.382. The van der Waals surface area contributed by atoms with Crippen molar-refractivity contribution < 1.29 is 13.2 Å². The summed E-state index contributed by atoms with van der Waals surface area (Å²) in [5, 5.41) is 4.72. The molecule has 164 valence electrons. The highest BCUT2D eigenvalue weighted by Crippen LogP contribution is 2.46. The van der Waals surface area contributed by atoms with Crippen molar-refractivity contribution in [1.82, 2.24) is 4.98 Å². The zero-order chi connectivity index (χ0) is 22.1. The van der Waals surface area contributed by atoms with Crippen molar-refractivity contribution >= 4 is 53.6 Å². The van der Waals surface area contributed by atoms with E-state index < -0.39 is 9.84 Å². The lowest BCUT2D eigenvalue weighted by Gasteiger charge is -2.11. The summed E-state index contributed by atoms with van der Waals surface area (Å²) in [7, 11) is -3.50. The summed E-state index contributed by atoms with van der Waals surface area (Å²) in [4.78, 5) is 19.2. The molecule has 8 heteroatoms. The van der Waals surface area contributed by atoms with E-state index in [2.05, 4.69) is 11.4 Å². The van der Waals surface area contributed by atoms with Crippen molar-refractivity contribution in [3.63, 3.8) is 0 Å². The van der Waals surface area contributed by atoms with Gasteiger partial charge in [0, 0.05) is 16.9 Å². The summed E-state index contributed by atoms with van der Waals surface area (Å²) < 4.78 is 26.2. The van der Waals surface area contributed by atoms with Gasteiger partial charge in [0.05, 0.1) is 20.9 Å². The third-order valence-corrected chi connectivity index (χ3v) is 9.63. The van der Waals surface area contributed by atoms with Crippen molar-refractivity contribution in [3.05, 3.63) is 65.0 Å². The fraction of sp³-hybridized carbons (Fsp3) is 0.250. The Morgan fingerprint density at radius 2 is 1.72 bits per heavy atom. The number of sulfone groups is 1. The summed E-state index contributed by atoms with van der Waals surface area (Å²) in [6.07, 6.45) is 4.18. The van der Waals surface area contributed by atoms with Gasteiger partial charge in [-0.15, -0.1) is 22.7 Å². The number of benzene rings is 2. The number of nitrogens with one attached hydrogen (secondary N) is 1. The fourth-order valence-corrected chi connectivity index (χ4v) is 7.70. The van der Waals surface area contributed by atoms with E-state index in [-0.39, 0.29) is 23.0 Å². The predicted molar refractivity (Wildman–Crippen MR) is 131 cm³/mol. The number of anilines is 1. The van der Waals surface area contributed by atoms with Gasteiger partial charge < -0.3 is 5.32 Å². The molecule has 2 aromatic heterocycles. The second kappa shape index (κ2) is 8.77. The molecule has 0 unspecified atom stereocenters. The Balaban J connectivity index is 1.41. The molecule has 1 aliphatic carbocycles. The number of thiazole rings is 1. The molecule has 5 nitrogen and oxygen atoms in total. The Morgan fingerprint density at radius 1 is 0.969 bits per heavy atom. The van der Waals surface area contributed by atoms with Crippen LogP contribution in [0.2, 0.25) is 0 Å². The summed E-state index contributed by atoms with van der Waals surface area (Å²) in [5.41, 5.74) is 3.26. The normalized spacial score (nSPS) is 13.8. The smallest absolute Gasteiger partial charge is 0.226 e. The van der Waals surface area contributed by atoms with Crippen LogP contribution in [0.15, 0.2) is 59.5 Å². The first-order valence-electron chi connectivity index (χ1n) is 10.6. The number of rotatable bonds is 6. The lowest BCUT2D eigenvalue weighted by Crippen LogP contribution is -2.17. The van der Waals surface area contributed by atoms with Gasteiger partial charge in [0.15, 0.2) is 9.84 Å². The molecule has 0 fully saturated rings. The van der Waals surface area contributed by atoms with E-state index in [0.29, 0.717) is 0 Å². The predicted octanol–water partition coefficient (Wildman–Crippen LogP) is 5.71. The lowest BCUT2D eigenvalue weighted by atomic mass is 9.96. The van der Waals surface area contributed by atoms with Crippen molar-refractivity contribution in [3.8, 4) is 10.6 Å². The van der Waals surface area contributed by atoms with Gasteiger partial charge in [0.1, 0.15) is 10.0 Å². The van der Waals surface area contributed by atoms with Gasteiger partial charge in [0.25, 0.3) is 0 Å². The molecule has 0 atom stereocenters. The molecule has 5 rings (SSSR count). The van der Waals surface area contributed by atoms with Crippen molar-refractivity contribution in [2.24, 2.45) is 0 Å². The molecule has 2 heterocycles. The molecule has 2 aromatic carbocycles. The van der Waals surface area contributed by atoms with Crippen molar-refractivity contribution in [2.45, 2.75) is 37.0 Å². The van der Waals surface area contributed by atoms with Crippen LogP contribution < -0.4 is 5.32 Å². The molecule has 4 aromatic rings. The summed E-state index contributed by atoms with van der Waals surface area (Å²) in [5.74, 6) is -0.504. The second-order valence-corrected chi connectivity index (χ2v) is 12.1. The molecule has 0 saturated carbocycles. The van der Waals surface area contributed by atoms with Gasteiger partial charge in [-0.2, -0.15) is 0 Å². The minimum atomic E-state index is -3.50. The van der Waals surface area contributed by atoms with E-state index in [1.54, 1.807) is 53.0 Å². The number of carbonyl (C=O) groups excluding carboxylic acids is 1. The number of nitrogens with zero attached hydrogens (tertiary/aromatic N) is 1. The van der Waals surface area contributed by atoms with Crippen LogP contribution in [0.25, 0.3) is 20.8 Å². The first-order chi connectivity index (χ1) is 15.5. The number of aromatic nitrogens is 1. The highest BCUT2D eigenvalue weighted by molar-refractivity contribution is 7.91. The number of hydrogen-bond acceptors (Lipinski definition) is 6. The van der Waals surface area contributed by atoms with Gasteiger partial charge in [-0.25, -0.2) is 13.4 Å². The zero-order valence-electron chi connectivity index (χ0n) is 17.3. The zero-order valence-corrected chi connectivity index (χ0v) is 19.8. The molecule has 0 radical (unpaired) electrons. The second-order valence-electron chi connectivity index (χ2n) is 7.83. The maximum absolute atomic E-state index is 12.8. The molecular weight excluding hydrogens is 460 g/mol.